The third kappa shape index (κ3) is 2.49. The quantitative estimate of drug-likeness (QED) is 0.871. The van der Waals surface area contributed by atoms with Gasteiger partial charge >= 0.3 is 0 Å². The van der Waals surface area contributed by atoms with Crippen LogP contribution in [0.15, 0.2) is 36.5 Å². The first-order valence-electron chi connectivity index (χ1n) is 5.91. The van der Waals surface area contributed by atoms with Crippen LogP contribution in [0, 0.1) is 0 Å². The van der Waals surface area contributed by atoms with Crippen molar-refractivity contribution in [1.29, 1.82) is 0 Å². The Kier molecular flexibility index (Phi) is 3.30. The van der Waals surface area contributed by atoms with Gasteiger partial charge in [0, 0.05) is 17.3 Å². The zero-order valence-electron chi connectivity index (χ0n) is 10.5. The van der Waals surface area contributed by atoms with Crippen LogP contribution >= 0.6 is 0 Å². The number of aliphatic hydroxyl groups is 1. The topological polar surface area (TPSA) is 62.2 Å². The molecule has 1 aromatic carbocycles. The molecule has 0 aliphatic heterocycles. The van der Waals surface area contributed by atoms with Crippen LogP contribution in [0.1, 0.15) is 20.3 Å². The summed E-state index contributed by atoms with van der Waals surface area (Å²) >= 11 is 0. The SMILES string of the molecule is CCC(C)(O)C(=O)Nc1ccc2cccnc2c1. The number of rotatable bonds is 3. The van der Waals surface area contributed by atoms with E-state index in [1.165, 1.54) is 6.92 Å². The van der Waals surface area contributed by atoms with Gasteiger partial charge < -0.3 is 10.4 Å². The van der Waals surface area contributed by atoms with E-state index < -0.39 is 11.5 Å². The highest BCUT2D eigenvalue weighted by Gasteiger charge is 2.27. The van der Waals surface area contributed by atoms with Gasteiger partial charge in [-0.15, -0.1) is 0 Å². The number of hydrogen-bond acceptors (Lipinski definition) is 3. The van der Waals surface area contributed by atoms with Gasteiger partial charge in [-0.1, -0.05) is 19.1 Å². The van der Waals surface area contributed by atoms with Gasteiger partial charge in [0.05, 0.1) is 5.52 Å². The summed E-state index contributed by atoms with van der Waals surface area (Å²) in [5.41, 5.74) is 0.102. The fourth-order valence-electron chi connectivity index (χ4n) is 1.57. The Balaban J connectivity index is 2.25. The summed E-state index contributed by atoms with van der Waals surface area (Å²) in [6.45, 7) is 3.27. The van der Waals surface area contributed by atoms with Crippen molar-refractivity contribution >= 4 is 22.5 Å². The van der Waals surface area contributed by atoms with E-state index in [0.717, 1.165) is 10.9 Å². The highest BCUT2D eigenvalue weighted by molar-refractivity contribution is 5.98. The predicted octanol–water partition coefficient (Wildman–Crippen LogP) is 2.33. The van der Waals surface area contributed by atoms with Crippen LogP contribution in [0.5, 0.6) is 0 Å². The second-order valence-electron chi connectivity index (χ2n) is 4.49. The molecule has 0 bridgehead atoms. The zero-order chi connectivity index (χ0) is 13.2. The minimum absolute atomic E-state index is 0.366. The van der Waals surface area contributed by atoms with E-state index in [1.807, 2.05) is 18.2 Å². The molecule has 0 aliphatic rings. The van der Waals surface area contributed by atoms with Crippen molar-refractivity contribution in [2.75, 3.05) is 5.32 Å². The number of amides is 1. The Morgan fingerprint density at radius 1 is 1.44 bits per heavy atom. The van der Waals surface area contributed by atoms with Gasteiger partial charge in [0.2, 0.25) is 0 Å². The zero-order valence-corrected chi connectivity index (χ0v) is 10.5. The summed E-state index contributed by atoms with van der Waals surface area (Å²) in [6.07, 6.45) is 2.07. The first kappa shape index (κ1) is 12.5. The Labute approximate surface area is 106 Å². The van der Waals surface area contributed by atoms with E-state index in [0.29, 0.717) is 12.1 Å². The van der Waals surface area contributed by atoms with Crippen LogP contribution in [0.2, 0.25) is 0 Å². The number of anilines is 1. The second kappa shape index (κ2) is 4.74. The molecule has 2 rings (SSSR count). The lowest BCUT2D eigenvalue weighted by Gasteiger charge is -2.20. The molecule has 1 unspecified atom stereocenters. The fourth-order valence-corrected chi connectivity index (χ4v) is 1.57. The van der Waals surface area contributed by atoms with Gasteiger partial charge in [0.25, 0.3) is 5.91 Å². The molecule has 0 spiro atoms. The van der Waals surface area contributed by atoms with Gasteiger partial charge in [-0.2, -0.15) is 0 Å². The van der Waals surface area contributed by atoms with Crippen molar-refractivity contribution in [1.82, 2.24) is 4.98 Å². The summed E-state index contributed by atoms with van der Waals surface area (Å²) < 4.78 is 0. The Morgan fingerprint density at radius 2 is 2.22 bits per heavy atom. The number of aromatic nitrogens is 1. The minimum Gasteiger partial charge on any atom is -0.380 e. The number of benzene rings is 1. The summed E-state index contributed by atoms with van der Waals surface area (Å²) in [6, 6.07) is 9.30. The molecule has 94 valence electrons. The van der Waals surface area contributed by atoms with Gasteiger partial charge in [-0.25, -0.2) is 0 Å². The molecule has 0 saturated heterocycles. The standard InChI is InChI=1S/C14H16N2O2/c1-3-14(2,18)13(17)16-11-7-6-10-5-4-8-15-12(10)9-11/h4-9,18H,3H2,1-2H3,(H,16,17). The van der Waals surface area contributed by atoms with Crippen LogP contribution in [-0.2, 0) is 4.79 Å². The van der Waals surface area contributed by atoms with Crippen molar-refractivity contribution in [3.8, 4) is 0 Å². The molecule has 0 radical (unpaired) electrons. The Morgan fingerprint density at radius 3 is 2.94 bits per heavy atom. The molecule has 1 heterocycles. The van der Waals surface area contributed by atoms with E-state index in [-0.39, 0.29) is 0 Å². The molecular weight excluding hydrogens is 228 g/mol. The normalized spacial score (nSPS) is 14.2. The average molecular weight is 244 g/mol. The monoisotopic (exact) mass is 244 g/mol. The molecule has 2 N–H and O–H groups in total. The average Bonchev–Trinajstić information content (AvgIpc) is 2.38. The Bertz CT molecular complexity index is 579. The minimum atomic E-state index is -1.35. The maximum Gasteiger partial charge on any atom is 0.256 e. The smallest absolute Gasteiger partial charge is 0.256 e. The van der Waals surface area contributed by atoms with E-state index >= 15 is 0 Å². The van der Waals surface area contributed by atoms with Crippen LogP contribution < -0.4 is 5.32 Å². The molecule has 2 aromatic rings. The summed E-state index contributed by atoms with van der Waals surface area (Å²) in [5.74, 6) is -0.403. The van der Waals surface area contributed by atoms with E-state index in [4.69, 9.17) is 0 Å². The molecule has 1 amide bonds. The Hall–Kier alpha value is -1.94. The summed E-state index contributed by atoms with van der Waals surface area (Å²) in [5, 5.41) is 13.5. The number of carbonyl (C=O) groups excluding carboxylic acids is 1. The molecule has 4 heteroatoms. The van der Waals surface area contributed by atoms with Crippen molar-refractivity contribution in [3.63, 3.8) is 0 Å². The molecule has 4 nitrogen and oxygen atoms in total. The number of pyridine rings is 1. The lowest BCUT2D eigenvalue weighted by molar-refractivity contribution is -0.132. The summed E-state index contributed by atoms with van der Waals surface area (Å²) in [4.78, 5) is 16.0. The van der Waals surface area contributed by atoms with Crippen LogP contribution in [0.25, 0.3) is 10.9 Å². The van der Waals surface area contributed by atoms with Gasteiger partial charge in [-0.3, -0.25) is 9.78 Å². The number of nitrogens with one attached hydrogen (secondary N) is 1. The predicted molar refractivity (Wildman–Crippen MR) is 71.3 cm³/mol. The van der Waals surface area contributed by atoms with Gasteiger partial charge in [0.1, 0.15) is 5.60 Å². The van der Waals surface area contributed by atoms with Crippen LogP contribution in [0.4, 0.5) is 5.69 Å². The van der Waals surface area contributed by atoms with Gasteiger partial charge in [0.15, 0.2) is 0 Å². The number of fused-ring (bicyclic) bond motifs is 1. The molecule has 1 atom stereocenters. The van der Waals surface area contributed by atoms with Crippen molar-refractivity contribution in [2.45, 2.75) is 25.9 Å². The lowest BCUT2D eigenvalue weighted by Crippen LogP contribution is -2.39. The molecule has 0 saturated carbocycles. The number of nitrogens with zero attached hydrogens (tertiary/aromatic N) is 1. The second-order valence-corrected chi connectivity index (χ2v) is 4.49. The van der Waals surface area contributed by atoms with E-state index in [9.17, 15) is 9.90 Å². The van der Waals surface area contributed by atoms with Crippen molar-refractivity contribution in [3.05, 3.63) is 36.5 Å². The van der Waals surface area contributed by atoms with E-state index in [1.54, 1.807) is 25.3 Å². The lowest BCUT2D eigenvalue weighted by atomic mass is 10.0. The fraction of sp³-hybridized carbons (Fsp3) is 0.286. The molecule has 18 heavy (non-hydrogen) atoms. The van der Waals surface area contributed by atoms with Gasteiger partial charge in [-0.05, 0) is 31.5 Å². The number of hydrogen-bond donors (Lipinski definition) is 2. The molecule has 0 fully saturated rings. The van der Waals surface area contributed by atoms with Crippen LogP contribution in [0.3, 0.4) is 0 Å². The van der Waals surface area contributed by atoms with Crippen molar-refractivity contribution in [2.24, 2.45) is 0 Å². The molecular formula is C14H16N2O2. The first-order chi connectivity index (χ1) is 8.53. The third-order valence-corrected chi connectivity index (χ3v) is 3.04. The van der Waals surface area contributed by atoms with Crippen LogP contribution in [-0.4, -0.2) is 21.6 Å². The first-order valence-corrected chi connectivity index (χ1v) is 5.91. The highest BCUT2D eigenvalue weighted by atomic mass is 16.3. The third-order valence-electron chi connectivity index (χ3n) is 3.04. The highest BCUT2D eigenvalue weighted by Crippen LogP contribution is 2.18. The number of carbonyl (C=O) groups is 1. The molecule has 1 aromatic heterocycles. The largest absolute Gasteiger partial charge is 0.380 e. The maximum atomic E-state index is 11.8. The maximum absolute atomic E-state index is 11.8. The van der Waals surface area contributed by atoms with Crippen molar-refractivity contribution < 1.29 is 9.90 Å². The summed E-state index contributed by atoms with van der Waals surface area (Å²) in [7, 11) is 0. The molecule has 0 aliphatic carbocycles. The van der Waals surface area contributed by atoms with E-state index in [2.05, 4.69) is 10.3 Å².